The molecule has 1 aliphatic rings. The zero-order chi connectivity index (χ0) is 23.4. The lowest BCUT2D eigenvalue weighted by Crippen LogP contribution is -2.41. The number of ether oxygens (including phenoxy) is 1. The number of nitrogens with one attached hydrogen (secondary N) is 1. The van der Waals surface area contributed by atoms with Crippen LogP contribution < -0.4 is 5.32 Å². The number of carbonyl (C=O) groups is 1. The van der Waals surface area contributed by atoms with Crippen LogP contribution in [0.25, 0.3) is 6.08 Å². The van der Waals surface area contributed by atoms with Gasteiger partial charge in [0.25, 0.3) is 0 Å². The second-order valence-electron chi connectivity index (χ2n) is 9.07. The van der Waals surface area contributed by atoms with Gasteiger partial charge in [-0.05, 0) is 68.4 Å². The van der Waals surface area contributed by atoms with Crippen LogP contribution in [0.15, 0.2) is 54.0 Å². The standard InChI is InChI=1S/C25H32BNO5/c1-18-11-12-20(16-28)13-21(18)14-22(26-31-24(2,3)25(4,5)32-26)15-27-23(29)30-17-19-9-7-6-8-10-19/h6-14,28H,15-17H2,1-5H3,(H,27,29). The molecule has 0 radical (unpaired) electrons. The van der Waals surface area contributed by atoms with E-state index in [0.29, 0.717) is 0 Å². The first-order valence-corrected chi connectivity index (χ1v) is 10.8. The van der Waals surface area contributed by atoms with Crippen molar-refractivity contribution >= 4 is 19.3 Å². The van der Waals surface area contributed by atoms with Gasteiger partial charge in [0.05, 0.1) is 17.8 Å². The molecule has 0 bridgehead atoms. The Balaban J connectivity index is 1.77. The Morgan fingerprint density at radius 3 is 2.34 bits per heavy atom. The summed E-state index contributed by atoms with van der Waals surface area (Å²) in [6, 6.07) is 15.3. The smallest absolute Gasteiger partial charge is 0.445 e. The lowest BCUT2D eigenvalue weighted by molar-refractivity contribution is 0.00578. The van der Waals surface area contributed by atoms with Gasteiger partial charge in [-0.3, -0.25) is 0 Å². The van der Waals surface area contributed by atoms with E-state index in [1.807, 2.05) is 89.2 Å². The van der Waals surface area contributed by atoms with Crippen molar-refractivity contribution in [3.63, 3.8) is 0 Å². The molecule has 3 rings (SSSR count). The van der Waals surface area contributed by atoms with Gasteiger partial charge < -0.3 is 24.5 Å². The van der Waals surface area contributed by atoms with Gasteiger partial charge in [0, 0.05) is 6.54 Å². The van der Waals surface area contributed by atoms with E-state index in [1.54, 1.807) is 0 Å². The molecule has 1 heterocycles. The summed E-state index contributed by atoms with van der Waals surface area (Å²) in [7, 11) is -0.619. The van der Waals surface area contributed by atoms with Gasteiger partial charge in [-0.2, -0.15) is 0 Å². The molecule has 6 nitrogen and oxygen atoms in total. The highest BCUT2D eigenvalue weighted by Gasteiger charge is 2.52. The monoisotopic (exact) mass is 437 g/mol. The first kappa shape index (κ1) is 24.0. The zero-order valence-electron chi connectivity index (χ0n) is 19.5. The average molecular weight is 437 g/mol. The van der Waals surface area contributed by atoms with Crippen LogP contribution >= 0.6 is 0 Å². The average Bonchev–Trinajstić information content (AvgIpc) is 2.98. The number of carbonyl (C=O) groups excluding carboxylic acids is 1. The summed E-state index contributed by atoms with van der Waals surface area (Å²) < 4.78 is 17.8. The lowest BCUT2D eigenvalue weighted by atomic mass is 9.76. The quantitative estimate of drug-likeness (QED) is 0.627. The molecule has 2 aromatic rings. The Labute approximate surface area is 190 Å². The fraction of sp³-hybridized carbons (Fsp3) is 0.400. The van der Waals surface area contributed by atoms with Crippen molar-refractivity contribution in [2.45, 2.75) is 59.0 Å². The summed E-state index contributed by atoms with van der Waals surface area (Å²) in [6.07, 6.45) is 1.44. The normalized spacial score (nSPS) is 17.3. The third-order valence-corrected chi connectivity index (χ3v) is 6.07. The summed E-state index contributed by atoms with van der Waals surface area (Å²) in [5.41, 5.74) is 3.45. The van der Waals surface area contributed by atoms with E-state index < -0.39 is 24.4 Å². The Morgan fingerprint density at radius 1 is 1.06 bits per heavy atom. The van der Waals surface area contributed by atoms with Crippen LogP contribution in [0.4, 0.5) is 4.79 Å². The van der Waals surface area contributed by atoms with Gasteiger partial charge >= 0.3 is 13.2 Å². The molecule has 1 saturated heterocycles. The van der Waals surface area contributed by atoms with Gasteiger partial charge in [-0.15, -0.1) is 0 Å². The third kappa shape index (κ3) is 5.79. The van der Waals surface area contributed by atoms with E-state index in [2.05, 4.69) is 5.32 Å². The van der Waals surface area contributed by atoms with E-state index in [1.165, 1.54) is 0 Å². The number of benzene rings is 2. The maximum Gasteiger partial charge on any atom is 0.492 e. The number of hydrogen-bond acceptors (Lipinski definition) is 5. The van der Waals surface area contributed by atoms with Gasteiger partial charge in [-0.25, -0.2) is 4.79 Å². The van der Waals surface area contributed by atoms with E-state index in [-0.39, 0.29) is 19.8 Å². The number of aliphatic hydroxyl groups is 1. The van der Waals surface area contributed by atoms with Crippen molar-refractivity contribution in [2.24, 2.45) is 0 Å². The molecule has 0 aliphatic carbocycles. The second-order valence-corrected chi connectivity index (χ2v) is 9.07. The molecule has 2 N–H and O–H groups in total. The molecule has 0 unspecified atom stereocenters. The van der Waals surface area contributed by atoms with Crippen LogP contribution in [0.3, 0.4) is 0 Å². The SMILES string of the molecule is Cc1ccc(CO)cc1C=C(CNC(=O)OCc1ccccc1)B1OC(C)(C)C(C)(C)O1. The van der Waals surface area contributed by atoms with Crippen molar-refractivity contribution in [3.8, 4) is 0 Å². The molecule has 1 fully saturated rings. The van der Waals surface area contributed by atoms with E-state index >= 15 is 0 Å². The summed E-state index contributed by atoms with van der Waals surface area (Å²) in [5, 5.41) is 12.3. The van der Waals surface area contributed by atoms with Crippen molar-refractivity contribution in [2.75, 3.05) is 6.54 Å². The van der Waals surface area contributed by atoms with Crippen LogP contribution in [0, 0.1) is 6.92 Å². The molecule has 2 aromatic carbocycles. The van der Waals surface area contributed by atoms with Crippen LogP contribution in [-0.4, -0.2) is 36.1 Å². The van der Waals surface area contributed by atoms with Crippen molar-refractivity contribution in [3.05, 3.63) is 76.3 Å². The molecule has 7 heteroatoms. The maximum atomic E-state index is 12.3. The highest BCUT2D eigenvalue weighted by Crippen LogP contribution is 2.38. The minimum absolute atomic E-state index is 0.0446. The van der Waals surface area contributed by atoms with Crippen LogP contribution in [0.5, 0.6) is 0 Å². The number of aliphatic hydroxyl groups excluding tert-OH is 1. The minimum atomic E-state index is -0.619. The van der Waals surface area contributed by atoms with E-state index in [4.69, 9.17) is 14.0 Å². The third-order valence-electron chi connectivity index (χ3n) is 6.07. The summed E-state index contributed by atoms with van der Waals surface area (Å²) >= 11 is 0. The van der Waals surface area contributed by atoms with Crippen LogP contribution in [-0.2, 0) is 27.3 Å². The van der Waals surface area contributed by atoms with Gasteiger partial charge in [0.2, 0.25) is 0 Å². The number of rotatable bonds is 7. The van der Waals surface area contributed by atoms with Crippen molar-refractivity contribution < 1.29 is 23.9 Å². The Bertz CT molecular complexity index is 956. The van der Waals surface area contributed by atoms with E-state index in [0.717, 1.165) is 27.7 Å². The van der Waals surface area contributed by atoms with Gasteiger partial charge in [-0.1, -0.05) is 48.5 Å². The molecule has 1 amide bonds. The predicted octanol–water partition coefficient (Wildman–Crippen LogP) is 4.43. The highest BCUT2D eigenvalue weighted by atomic mass is 16.7. The molecule has 0 spiro atoms. The fourth-order valence-electron chi connectivity index (χ4n) is 3.29. The number of amides is 1. The number of hydrogen-bond donors (Lipinski definition) is 2. The van der Waals surface area contributed by atoms with Crippen molar-refractivity contribution in [1.82, 2.24) is 5.32 Å². The molecule has 32 heavy (non-hydrogen) atoms. The first-order chi connectivity index (χ1) is 15.1. The molecular weight excluding hydrogens is 405 g/mol. The minimum Gasteiger partial charge on any atom is -0.445 e. The highest BCUT2D eigenvalue weighted by molar-refractivity contribution is 6.56. The van der Waals surface area contributed by atoms with E-state index in [9.17, 15) is 9.90 Å². The molecule has 0 atom stereocenters. The van der Waals surface area contributed by atoms with Crippen LogP contribution in [0.1, 0.15) is 49.9 Å². The molecule has 1 aliphatic heterocycles. The Morgan fingerprint density at radius 2 is 1.72 bits per heavy atom. The Hall–Kier alpha value is -2.61. The summed E-state index contributed by atoms with van der Waals surface area (Å²) in [6.45, 7) is 10.3. The molecular formula is C25H32BNO5. The number of aryl methyl sites for hydroxylation is 1. The molecule has 0 saturated carbocycles. The maximum absolute atomic E-state index is 12.3. The first-order valence-electron chi connectivity index (χ1n) is 10.8. The summed E-state index contributed by atoms with van der Waals surface area (Å²) in [4.78, 5) is 12.3. The predicted molar refractivity (Wildman–Crippen MR) is 126 cm³/mol. The van der Waals surface area contributed by atoms with Gasteiger partial charge in [0.15, 0.2) is 0 Å². The largest absolute Gasteiger partial charge is 0.492 e. The van der Waals surface area contributed by atoms with Crippen LogP contribution in [0.2, 0.25) is 0 Å². The Kier molecular flexibility index (Phi) is 7.44. The number of alkyl carbamates (subject to hydrolysis) is 1. The fourth-order valence-corrected chi connectivity index (χ4v) is 3.29. The zero-order valence-corrected chi connectivity index (χ0v) is 19.5. The second kappa shape index (κ2) is 9.90. The van der Waals surface area contributed by atoms with Crippen molar-refractivity contribution in [1.29, 1.82) is 0 Å². The van der Waals surface area contributed by atoms with Gasteiger partial charge in [0.1, 0.15) is 6.61 Å². The molecule has 0 aromatic heterocycles. The topological polar surface area (TPSA) is 77.0 Å². The summed E-state index contributed by atoms with van der Waals surface area (Å²) in [5.74, 6) is 0. The lowest BCUT2D eigenvalue weighted by Gasteiger charge is -2.32. The molecule has 170 valence electrons.